The van der Waals surface area contributed by atoms with Crippen molar-refractivity contribution >= 4 is 6.29 Å². The molecule has 3 nitrogen and oxygen atoms in total. The smallest absolute Gasteiger partial charge is 0.171 e. The highest BCUT2D eigenvalue weighted by molar-refractivity contribution is 5.75. The van der Waals surface area contributed by atoms with Crippen LogP contribution in [0.1, 0.15) is 10.5 Å². The number of hydrogen-bond acceptors (Lipinski definition) is 3. The van der Waals surface area contributed by atoms with Gasteiger partial charge in [-0.3, -0.25) is 4.79 Å². The zero-order chi connectivity index (χ0) is 13.1. The Morgan fingerprint density at radius 3 is 2.11 bits per heavy atom. The number of hydrogen-bond donors (Lipinski definition) is 0. The van der Waals surface area contributed by atoms with E-state index in [0.29, 0.717) is 17.7 Å². The Morgan fingerprint density at radius 1 is 0.842 bits per heavy atom. The van der Waals surface area contributed by atoms with E-state index >= 15 is 0 Å². The molecule has 0 aliphatic carbocycles. The lowest BCUT2D eigenvalue weighted by molar-refractivity contribution is 0.111. The second-order valence-electron chi connectivity index (χ2n) is 4.18. The molecule has 1 heterocycles. The van der Waals surface area contributed by atoms with Gasteiger partial charge in [-0.25, -0.2) is 0 Å². The van der Waals surface area contributed by atoms with E-state index < -0.39 is 0 Å². The van der Waals surface area contributed by atoms with E-state index in [1.165, 1.54) is 5.56 Å². The molecule has 0 aliphatic rings. The third kappa shape index (κ3) is 2.31. The van der Waals surface area contributed by atoms with Crippen LogP contribution in [0.25, 0.3) is 22.5 Å². The minimum Gasteiger partial charge on any atom is -0.356 e. The lowest BCUT2D eigenvalue weighted by Crippen LogP contribution is -1.78. The van der Waals surface area contributed by atoms with Crippen molar-refractivity contribution in [2.75, 3.05) is 0 Å². The summed E-state index contributed by atoms with van der Waals surface area (Å²) < 4.78 is 5.11. The van der Waals surface area contributed by atoms with Crippen LogP contribution in [0.5, 0.6) is 0 Å². The fourth-order valence-corrected chi connectivity index (χ4v) is 1.94. The lowest BCUT2D eigenvalue weighted by Gasteiger charge is -2.02. The molecule has 0 aliphatic heterocycles. The van der Waals surface area contributed by atoms with Crippen molar-refractivity contribution in [2.45, 2.75) is 0 Å². The highest BCUT2D eigenvalue weighted by Gasteiger charge is 2.06. The molecule has 0 amide bonds. The van der Waals surface area contributed by atoms with Gasteiger partial charge in [0, 0.05) is 11.6 Å². The molecule has 0 N–H and O–H groups in total. The van der Waals surface area contributed by atoms with Crippen LogP contribution in [0.3, 0.4) is 0 Å². The number of aldehydes is 1. The van der Waals surface area contributed by atoms with E-state index in [4.69, 9.17) is 4.52 Å². The average Bonchev–Trinajstić information content (AvgIpc) is 2.97. The van der Waals surface area contributed by atoms with Crippen molar-refractivity contribution < 1.29 is 9.32 Å². The number of rotatable bonds is 3. The summed E-state index contributed by atoms with van der Waals surface area (Å²) in [5, 5.41) is 3.65. The molecule has 0 atom stereocenters. The monoisotopic (exact) mass is 249 g/mol. The van der Waals surface area contributed by atoms with Gasteiger partial charge in [-0.2, -0.15) is 0 Å². The van der Waals surface area contributed by atoms with Gasteiger partial charge < -0.3 is 4.52 Å². The number of nitrogens with zero attached hydrogens (tertiary/aromatic N) is 1. The van der Waals surface area contributed by atoms with E-state index in [-0.39, 0.29) is 0 Å². The van der Waals surface area contributed by atoms with Crippen molar-refractivity contribution in [1.82, 2.24) is 5.16 Å². The summed E-state index contributed by atoms with van der Waals surface area (Å²) in [6.07, 6.45) is 0.672. The molecule has 0 fully saturated rings. The van der Waals surface area contributed by atoms with Crippen LogP contribution in [0.2, 0.25) is 0 Å². The average molecular weight is 249 g/mol. The summed E-state index contributed by atoms with van der Waals surface area (Å²) in [7, 11) is 0. The molecule has 3 rings (SSSR count). The summed E-state index contributed by atoms with van der Waals surface area (Å²) in [5.41, 5.74) is 3.52. The fourth-order valence-electron chi connectivity index (χ4n) is 1.94. The van der Waals surface area contributed by atoms with Crippen molar-refractivity contribution in [1.29, 1.82) is 0 Å². The van der Waals surface area contributed by atoms with Crippen LogP contribution < -0.4 is 0 Å². The van der Waals surface area contributed by atoms with Crippen LogP contribution in [-0.2, 0) is 0 Å². The minimum atomic E-state index is 0.308. The zero-order valence-corrected chi connectivity index (χ0v) is 10.1. The quantitative estimate of drug-likeness (QED) is 0.663. The van der Waals surface area contributed by atoms with Gasteiger partial charge in [-0.15, -0.1) is 0 Å². The molecule has 1 aromatic heterocycles. The zero-order valence-electron chi connectivity index (χ0n) is 10.1. The van der Waals surface area contributed by atoms with Crippen LogP contribution in [-0.4, -0.2) is 11.4 Å². The van der Waals surface area contributed by atoms with Crippen LogP contribution in [0, 0.1) is 0 Å². The predicted molar refractivity (Wildman–Crippen MR) is 72.8 cm³/mol. The molecule has 2 aromatic carbocycles. The van der Waals surface area contributed by atoms with Gasteiger partial charge in [0.25, 0.3) is 0 Å². The van der Waals surface area contributed by atoms with E-state index in [1.807, 2.05) is 42.5 Å². The first-order valence-corrected chi connectivity index (χ1v) is 5.94. The van der Waals surface area contributed by atoms with Gasteiger partial charge in [-0.1, -0.05) is 59.8 Å². The van der Waals surface area contributed by atoms with Crippen molar-refractivity contribution in [3.05, 3.63) is 66.4 Å². The van der Waals surface area contributed by atoms with Gasteiger partial charge in [0.15, 0.2) is 12.0 Å². The maximum atomic E-state index is 10.6. The van der Waals surface area contributed by atoms with Crippen molar-refractivity contribution in [3.8, 4) is 22.5 Å². The minimum absolute atomic E-state index is 0.308. The lowest BCUT2D eigenvalue weighted by atomic mass is 10.0. The molecule has 19 heavy (non-hydrogen) atoms. The molecule has 92 valence electrons. The Kier molecular flexibility index (Phi) is 2.94. The Hall–Kier alpha value is -2.68. The normalized spacial score (nSPS) is 10.3. The summed E-state index contributed by atoms with van der Waals surface area (Å²) in [6.45, 7) is 0. The Bertz CT molecular complexity index is 684. The second kappa shape index (κ2) is 4.90. The molecule has 3 heteroatoms. The van der Waals surface area contributed by atoms with Gasteiger partial charge in [0.1, 0.15) is 5.69 Å². The fraction of sp³-hybridized carbons (Fsp3) is 0. The van der Waals surface area contributed by atoms with Gasteiger partial charge in [-0.05, 0) is 11.1 Å². The third-order valence-corrected chi connectivity index (χ3v) is 2.93. The summed E-state index contributed by atoms with van der Waals surface area (Å²) in [5.74, 6) is 0.599. The highest BCUT2D eigenvalue weighted by Crippen LogP contribution is 2.24. The van der Waals surface area contributed by atoms with Crippen LogP contribution in [0.15, 0.2) is 65.2 Å². The first kappa shape index (κ1) is 11.4. The van der Waals surface area contributed by atoms with Gasteiger partial charge in [0.05, 0.1) is 0 Å². The first-order chi connectivity index (χ1) is 9.36. The number of carbonyl (C=O) groups is 1. The van der Waals surface area contributed by atoms with Crippen molar-refractivity contribution in [3.63, 3.8) is 0 Å². The van der Waals surface area contributed by atoms with E-state index in [1.54, 1.807) is 6.07 Å². The first-order valence-electron chi connectivity index (χ1n) is 5.94. The standard InChI is InChI=1S/C16H11NO2/c18-11-15-10-16(19-17-15)14-8-6-13(7-9-14)12-4-2-1-3-5-12/h1-11H. The van der Waals surface area contributed by atoms with Crippen LogP contribution >= 0.6 is 0 Å². The largest absolute Gasteiger partial charge is 0.356 e. The van der Waals surface area contributed by atoms with Crippen LogP contribution in [0.4, 0.5) is 0 Å². The number of benzene rings is 2. The second-order valence-corrected chi connectivity index (χ2v) is 4.18. The molecule has 0 saturated carbocycles. The summed E-state index contributed by atoms with van der Waals surface area (Å²) in [6, 6.07) is 19.7. The molecule has 3 aromatic rings. The van der Waals surface area contributed by atoms with E-state index in [0.717, 1.165) is 11.1 Å². The van der Waals surface area contributed by atoms with Gasteiger partial charge >= 0.3 is 0 Å². The molecule has 0 bridgehead atoms. The maximum Gasteiger partial charge on any atom is 0.171 e. The molecule has 0 saturated heterocycles. The van der Waals surface area contributed by atoms with E-state index in [9.17, 15) is 4.79 Å². The molecule has 0 spiro atoms. The van der Waals surface area contributed by atoms with Crippen molar-refractivity contribution in [2.24, 2.45) is 0 Å². The Balaban J connectivity index is 1.92. The molecular formula is C16H11NO2. The summed E-state index contributed by atoms with van der Waals surface area (Å²) >= 11 is 0. The Morgan fingerprint density at radius 2 is 1.47 bits per heavy atom. The SMILES string of the molecule is O=Cc1cc(-c2ccc(-c3ccccc3)cc2)on1. The molecule has 0 unspecified atom stereocenters. The highest BCUT2D eigenvalue weighted by atomic mass is 16.5. The number of carbonyl (C=O) groups excluding carboxylic acids is 1. The third-order valence-electron chi connectivity index (χ3n) is 2.93. The molecular weight excluding hydrogens is 238 g/mol. The summed E-state index contributed by atoms with van der Waals surface area (Å²) in [4.78, 5) is 10.6. The topological polar surface area (TPSA) is 43.1 Å². The number of aromatic nitrogens is 1. The maximum absolute atomic E-state index is 10.6. The molecule has 0 radical (unpaired) electrons. The predicted octanol–water partition coefficient (Wildman–Crippen LogP) is 3.82. The van der Waals surface area contributed by atoms with Gasteiger partial charge in [0.2, 0.25) is 0 Å². The Labute approximate surface area is 110 Å². The van der Waals surface area contributed by atoms with E-state index in [2.05, 4.69) is 17.3 Å².